The summed E-state index contributed by atoms with van der Waals surface area (Å²) in [5, 5.41) is 18.1. The molecule has 4 aromatic rings. The van der Waals surface area contributed by atoms with Crippen LogP contribution in [0.2, 0.25) is 0 Å². The Bertz CT molecular complexity index is 1460. The number of fused-ring (bicyclic) bond motifs is 1. The Morgan fingerprint density at radius 3 is 2.45 bits per heavy atom. The molecular formula is C22H16BrFN4O4S. The molecule has 2 N–H and O–H groups in total. The fourth-order valence-corrected chi connectivity index (χ4v) is 4.94. The lowest BCUT2D eigenvalue weighted by Gasteiger charge is -2.23. The second kappa shape index (κ2) is 9.12. The van der Waals surface area contributed by atoms with Gasteiger partial charge in [0.15, 0.2) is 5.69 Å². The minimum absolute atomic E-state index is 0.0406. The van der Waals surface area contributed by atoms with E-state index in [0.717, 1.165) is 20.9 Å². The normalized spacial score (nSPS) is 11.8. The Morgan fingerprint density at radius 1 is 1.06 bits per heavy atom. The number of aromatic amines is 1. The summed E-state index contributed by atoms with van der Waals surface area (Å²) in [5.41, 5.74) is 0.707. The zero-order chi connectivity index (χ0) is 23.6. The van der Waals surface area contributed by atoms with Gasteiger partial charge in [0.05, 0.1) is 16.1 Å². The number of aromatic nitrogens is 1. The third kappa shape index (κ3) is 4.78. The van der Waals surface area contributed by atoms with Crippen LogP contribution in [0.3, 0.4) is 0 Å². The molecule has 11 heteroatoms. The van der Waals surface area contributed by atoms with Crippen LogP contribution in [0.25, 0.3) is 10.9 Å². The molecule has 0 unspecified atom stereocenters. The Labute approximate surface area is 196 Å². The van der Waals surface area contributed by atoms with Crippen LogP contribution in [0.4, 0.5) is 15.8 Å². The first kappa shape index (κ1) is 22.6. The molecule has 1 heterocycles. The van der Waals surface area contributed by atoms with Crippen LogP contribution in [0, 0.1) is 5.82 Å². The molecule has 33 heavy (non-hydrogen) atoms. The van der Waals surface area contributed by atoms with E-state index in [1.165, 1.54) is 24.3 Å². The van der Waals surface area contributed by atoms with Crippen molar-refractivity contribution in [3.63, 3.8) is 0 Å². The van der Waals surface area contributed by atoms with Crippen LogP contribution in [0.1, 0.15) is 0 Å². The number of carbonyl (C=O) groups excluding carboxylic acids is 1. The number of sulfonamides is 1. The number of anilines is 1. The van der Waals surface area contributed by atoms with E-state index in [2.05, 4.69) is 31.1 Å². The number of nitrogens with one attached hydrogen (secondary N) is 1. The monoisotopic (exact) mass is 530 g/mol. The van der Waals surface area contributed by atoms with Crippen molar-refractivity contribution in [3.05, 3.63) is 83.1 Å². The number of rotatable bonds is 6. The third-order valence-electron chi connectivity index (χ3n) is 4.70. The molecule has 4 rings (SSSR count). The van der Waals surface area contributed by atoms with Gasteiger partial charge in [-0.1, -0.05) is 34.1 Å². The van der Waals surface area contributed by atoms with Crippen molar-refractivity contribution in [1.82, 2.24) is 4.98 Å². The third-order valence-corrected chi connectivity index (χ3v) is 6.98. The van der Waals surface area contributed by atoms with E-state index in [9.17, 15) is 22.7 Å². The quantitative estimate of drug-likeness (QED) is 0.330. The fourth-order valence-electron chi connectivity index (χ4n) is 3.14. The van der Waals surface area contributed by atoms with Gasteiger partial charge in [0.1, 0.15) is 12.4 Å². The standard InChI is InChI=1S/C22H16BrFN4O4S/c23-14-6-11-19-18(12-14)21(22(30)25-19)27-26-20(29)13-28(16-9-7-15(24)8-10-16)33(31,32)17-4-2-1-3-5-17/h1-12,25,30H,13H2. The molecular weight excluding hydrogens is 515 g/mol. The summed E-state index contributed by atoms with van der Waals surface area (Å²) in [6.45, 7) is -0.681. The molecule has 0 aliphatic carbocycles. The highest BCUT2D eigenvalue weighted by atomic mass is 79.9. The highest BCUT2D eigenvalue weighted by molar-refractivity contribution is 9.10. The van der Waals surface area contributed by atoms with Crippen LogP contribution in [-0.2, 0) is 14.8 Å². The SMILES string of the molecule is O=C(CN(c1ccc(F)cc1)S(=O)(=O)c1ccccc1)N=Nc1c(O)[nH]c2ccc(Br)cc12. The largest absolute Gasteiger partial charge is 0.493 e. The van der Waals surface area contributed by atoms with Crippen LogP contribution >= 0.6 is 15.9 Å². The first-order valence-corrected chi connectivity index (χ1v) is 11.8. The van der Waals surface area contributed by atoms with Gasteiger partial charge in [-0.25, -0.2) is 12.8 Å². The summed E-state index contributed by atoms with van der Waals surface area (Å²) in [6, 6.07) is 17.4. The highest BCUT2D eigenvalue weighted by Crippen LogP contribution is 2.36. The van der Waals surface area contributed by atoms with Gasteiger partial charge in [-0.3, -0.25) is 9.10 Å². The maximum Gasteiger partial charge on any atom is 0.285 e. The molecule has 1 amide bonds. The van der Waals surface area contributed by atoms with Crippen LogP contribution < -0.4 is 4.31 Å². The first-order valence-electron chi connectivity index (χ1n) is 9.54. The maximum absolute atomic E-state index is 13.4. The van der Waals surface area contributed by atoms with Crippen molar-refractivity contribution in [2.45, 2.75) is 4.90 Å². The fraction of sp³-hybridized carbons (Fsp3) is 0.0455. The number of benzene rings is 3. The molecule has 3 aromatic carbocycles. The predicted molar refractivity (Wildman–Crippen MR) is 125 cm³/mol. The van der Waals surface area contributed by atoms with Gasteiger partial charge >= 0.3 is 0 Å². The van der Waals surface area contributed by atoms with E-state index >= 15 is 0 Å². The minimum atomic E-state index is -4.16. The Kier molecular flexibility index (Phi) is 6.25. The summed E-state index contributed by atoms with van der Waals surface area (Å²) in [6.07, 6.45) is 0. The van der Waals surface area contributed by atoms with Gasteiger partial charge in [-0.05, 0) is 54.6 Å². The number of aromatic hydroxyl groups is 1. The van der Waals surface area contributed by atoms with Crippen LogP contribution in [0.15, 0.2) is 92.4 Å². The number of hydrogen-bond acceptors (Lipinski definition) is 5. The molecule has 0 aliphatic heterocycles. The number of hydrogen-bond donors (Lipinski definition) is 2. The second-order valence-corrected chi connectivity index (χ2v) is 9.68. The summed E-state index contributed by atoms with van der Waals surface area (Å²) >= 11 is 3.33. The average molecular weight is 531 g/mol. The predicted octanol–water partition coefficient (Wildman–Crippen LogP) is 5.28. The number of H-pyrrole nitrogens is 1. The van der Waals surface area contributed by atoms with E-state index < -0.39 is 28.3 Å². The molecule has 0 fully saturated rings. The molecule has 0 saturated heterocycles. The molecule has 1 aromatic heterocycles. The Balaban J connectivity index is 1.67. The number of carbonyl (C=O) groups is 1. The van der Waals surface area contributed by atoms with Crippen LogP contribution in [-0.4, -0.2) is 31.0 Å². The minimum Gasteiger partial charge on any atom is -0.493 e. The molecule has 168 valence electrons. The average Bonchev–Trinajstić information content (AvgIpc) is 3.11. The van der Waals surface area contributed by atoms with E-state index in [4.69, 9.17) is 0 Å². The zero-order valence-corrected chi connectivity index (χ0v) is 19.2. The van der Waals surface area contributed by atoms with Crippen molar-refractivity contribution >= 4 is 54.1 Å². The molecule has 0 radical (unpaired) electrons. The zero-order valence-electron chi connectivity index (χ0n) is 16.8. The van der Waals surface area contributed by atoms with Gasteiger partial charge in [0.25, 0.3) is 15.9 Å². The summed E-state index contributed by atoms with van der Waals surface area (Å²) in [7, 11) is -4.16. The molecule has 0 saturated carbocycles. The Morgan fingerprint density at radius 2 is 1.76 bits per heavy atom. The molecule has 0 bridgehead atoms. The second-order valence-electron chi connectivity index (χ2n) is 6.91. The lowest BCUT2D eigenvalue weighted by atomic mass is 10.2. The van der Waals surface area contributed by atoms with Gasteiger partial charge in [-0.15, -0.1) is 10.2 Å². The smallest absolute Gasteiger partial charge is 0.285 e. The lowest BCUT2D eigenvalue weighted by Crippen LogP contribution is -2.35. The summed E-state index contributed by atoms with van der Waals surface area (Å²) < 4.78 is 41.4. The van der Waals surface area contributed by atoms with Gasteiger partial charge in [0.2, 0.25) is 5.88 Å². The molecule has 0 atom stereocenters. The van der Waals surface area contributed by atoms with Crippen molar-refractivity contribution in [1.29, 1.82) is 0 Å². The maximum atomic E-state index is 13.4. The highest BCUT2D eigenvalue weighted by Gasteiger charge is 2.27. The molecule has 8 nitrogen and oxygen atoms in total. The molecule has 0 spiro atoms. The van der Waals surface area contributed by atoms with Crippen molar-refractivity contribution in [2.24, 2.45) is 10.2 Å². The number of azo groups is 1. The Hall–Kier alpha value is -3.57. The number of amides is 1. The van der Waals surface area contributed by atoms with Crippen molar-refractivity contribution in [2.75, 3.05) is 10.8 Å². The van der Waals surface area contributed by atoms with Crippen molar-refractivity contribution in [3.8, 4) is 5.88 Å². The first-order chi connectivity index (χ1) is 15.8. The van der Waals surface area contributed by atoms with Gasteiger partial charge in [-0.2, -0.15) is 0 Å². The number of halogens is 2. The van der Waals surface area contributed by atoms with Crippen LogP contribution in [0.5, 0.6) is 5.88 Å². The van der Waals surface area contributed by atoms with Gasteiger partial charge in [0, 0.05) is 9.86 Å². The topological polar surface area (TPSA) is 115 Å². The lowest BCUT2D eigenvalue weighted by molar-refractivity contribution is -0.116. The van der Waals surface area contributed by atoms with E-state index in [-0.39, 0.29) is 22.2 Å². The van der Waals surface area contributed by atoms with Crippen molar-refractivity contribution < 1.29 is 22.7 Å². The molecule has 0 aliphatic rings. The van der Waals surface area contributed by atoms with E-state index in [1.807, 2.05) is 0 Å². The van der Waals surface area contributed by atoms with E-state index in [0.29, 0.717) is 10.9 Å². The summed E-state index contributed by atoms with van der Waals surface area (Å²) in [4.78, 5) is 15.3. The number of nitrogens with zero attached hydrogens (tertiary/aromatic N) is 3. The summed E-state index contributed by atoms with van der Waals surface area (Å²) in [5.74, 6) is -1.72. The van der Waals surface area contributed by atoms with E-state index in [1.54, 1.807) is 36.4 Å². The van der Waals surface area contributed by atoms with Gasteiger partial charge < -0.3 is 10.1 Å².